The molecule has 0 saturated carbocycles. The summed E-state index contributed by atoms with van der Waals surface area (Å²) in [5.74, 6) is -0.386. The average Bonchev–Trinajstić information content (AvgIpc) is 3.02. The molecule has 0 aliphatic heterocycles. The van der Waals surface area contributed by atoms with Crippen LogP contribution in [0.2, 0.25) is 5.02 Å². The van der Waals surface area contributed by atoms with Crippen molar-refractivity contribution in [2.45, 2.75) is 37.8 Å². The molecular weight excluding hydrogens is 598 g/mol. The Labute approximate surface area is 264 Å². The van der Waals surface area contributed by atoms with E-state index in [1.807, 2.05) is 68.4 Å². The quantitative estimate of drug-likeness (QED) is 0.206. The second-order valence-electron chi connectivity index (χ2n) is 10.3. The zero-order valence-corrected chi connectivity index (χ0v) is 26.5. The number of carbonyl (C=O) groups is 2. The van der Waals surface area contributed by atoms with Crippen LogP contribution in [0.5, 0.6) is 5.75 Å². The van der Waals surface area contributed by atoms with Crippen LogP contribution in [0.25, 0.3) is 0 Å². The number of amides is 2. The Morgan fingerprint density at radius 2 is 1.57 bits per heavy atom. The lowest BCUT2D eigenvalue weighted by atomic mass is 10.0. The predicted molar refractivity (Wildman–Crippen MR) is 173 cm³/mol. The Hall–Kier alpha value is -4.34. The number of nitrogens with zero attached hydrogens (tertiary/aromatic N) is 2. The number of nitrogens with one attached hydrogen (secondary N) is 1. The second-order valence-corrected chi connectivity index (χ2v) is 12.6. The molecule has 8 nitrogen and oxygen atoms in total. The van der Waals surface area contributed by atoms with Gasteiger partial charge in [0.2, 0.25) is 11.8 Å². The molecule has 1 N–H and O–H groups in total. The van der Waals surface area contributed by atoms with Crippen molar-refractivity contribution in [2.75, 3.05) is 24.5 Å². The minimum Gasteiger partial charge on any atom is -0.497 e. The molecule has 4 aromatic carbocycles. The first-order chi connectivity index (χ1) is 21.1. The van der Waals surface area contributed by atoms with Gasteiger partial charge in [0.25, 0.3) is 10.0 Å². The number of rotatable bonds is 13. The van der Waals surface area contributed by atoms with Gasteiger partial charge in [0.1, 0.15) is 18.3 Å². The van der Waals surface area contributed by atoms with Gasteiger partial charge >= 0.3 is 0 Å². The number of methoxy groups -OCH3 is 1. The van der Waals surface area contributed by atoms with Gasteiger partial charge in [-0.15, -0.1) is 0 Å². The van der Waals surface area contributed by atoms with Gasteiger partial charge in [-0.25, -0.2) is 8.42 Å². The van der Waals surface area contributed by atoms with Crippen LogP contribution in [0.15, 0.2) is 108 Å². The van der Waals surface area contributed by atoms with Crippen LogP contribution in [0, 0.1) is 6.92 Å². The first-order valence-electron chi connectivity index (χ1n) is 14.2. The van der Waals surface area contributed by atoms with E-state index in [9.17, 15) is 18.0 Å². The van der Waals surface area contributed by atoms with Gasteiger partial charge in [-0.1, -0.05) is 77.8 Å². The van der Waals surface area contributed by atoms with Crippen molar-refractivity contribution in [3.63, 3.8) is 0 Å². The molecule has 44 heavy (non-hydrogen) atoms. The highest BCUT2D eigenvalue weighted by atomic mass is 35.5. The largest absolute Gasteiger partial charge is 0.497 e. The van der Waals surface area contributed by atoms with Gasteiger partial charge in [-0.05, 0) is 67.4 Å². The summed E-state index contributed by atoms with van der Waals surface area (Å²) in [6.07, 6.45) is 0.243. The highest BCUT2D eigenvalue weighted by molar-refractivity contribution is 7.92. The number of benzene rings is 4. The molecule has 0 aromatic heterocycles. The van der Waals surface area contributed by atoms with Crippen LogP contribution in [-0.4, -0.2) is 51.4 Å². The fourth-order valence-corrected chi connectivity index (χ4v) is 6.36. The molecule has 4 aromatic rings. The Bertz CT molecular complexity index is 1660. The number of anilines is 1. The first kappa shape index (κ1) is 32.6. The maximum absolute atomic E-state index is 14.4. The van der Waals surface area contributed by atoms with Crippen molar-refractivity contribution in [1.29, 1.82) is 0 Å². The Balaban J connectivity index is 1.79. The number of hydrogen-bond donors (Lipinski definition) is 1. The molecule has 0 spiro atoms. The lowest BCUT2D eigenvalue weighted by Gasteiger charge is -2.34. The molecule has 1 unspecified atom stereocenters. The summed E-state index contributed by atoms with van der Waals surface area (Å²) in [6.45, 7) is 3.68. The highest BCUT2D eigenvalue weighted by Crippen LogP contribution is 2.28. The van der Waals surface area contributed by atoms with Gasteiger partial charge in [-0.2, -0.15) is 0 Å². The van der Waals surface area contributed by atoms with Crippen molar-refractivity contribution >= 4 is 39.1 Å². The predicted octanol–water partition coefficient (Wildman–Crippen LogP) is 5.63. The van der Waals surface area contributed by atoms with E-state index in [1.54, 1.807) is 30.3 Å². The number of hydrogen-bond acceptors (Lipinski definition) is 5. The Morgan fingerprint density at radius 1 is 0.886 bits per heavy atom. The molecule has 0 fully saturated rings. The number of halogens is 1. The number of sulfonamides is 1. The van der Waals surface area contributed by atoms with Gasteiger partial charge in [0.05, 0.1) is 17.7 Å². The fourth-order valence-electron chi connectivity index (χ4n) is 4.77. The number of likely N-dealkylation sites (N-methyl/N-ethyl adjacent to an activating group) is 1. The summed E-state index contributed by atoms with van der Waals surface area (Å²) in [7, 11) is -2.76. The fraction of sp³-hybridized carbons (Fsp3) is 0.235. The molecule has 0 aliphatic rings. The van der Waals surface area contributed by atoms with E-state index in [1.165, 1.54) is 30.2 Å². The summed E-state index contributed by atoms with van der Waals surface area (Å²) in [6, 6.07) is 28.4. The van der Waals surface area contributed by atoms with Crippen LogP contribution in [0.1, 0.15) is 23.6 Å². The molecule has 0 bridgehead atoms. The van der Waals surface area contributed by atoms with Crippen LogP contribution in [0.3, 0.4) is 0 Å². The molecule has 0 radical (unpaired) electrons. The van der Waals surface area contributed by atoms with Crippen molar-refractivity contribution in [2.24, 2.45) is 0 Å². The SMILES string of the molecule is CCNC(=O)C(Cc1ccccc1)N(Cc1ccc(C)cc1)C(=O)CN(c1cccc(Cl)c1)S(=O)(=O)c1ccc(OC)cc1. The normalized spacial score (nSPS) is 11.8. The topological polar surface area (TPSA) is 96.0 Å². The van der Waals surface area contributed by atoms with E-state index in [0.29, 0.717) is 17.3 Å². The number of ether oxygens (including phenoxy) is 1. The van der Waals surface area contributed by atoms with Crippen LogP contribution in [-0.2, 0) is 32.6 Å². The standard InChI is InChI=1S/C34H36ClN3O5S/c1-4-36-34(40)32(21-26-9-6-5-7-10-26)37(23-27-15-13-25(2)14-16-27)33(39)24-38(29-12-8-11-28(35)22-29)44(41,42)31-19-17-30(43-3)18-20-31/h5-20,22,32H,4,21,23-24H2,1-3H3,(H,36,40). The van der Waals surface area contributed by atoms with E-state index in [4.69, 9.17) is 16.3 Å². The summed E-state index contributed by atoms with van der Waals surface area (Å²) in [5.41, 5.74) is 2.94. The molecule has 0 aliphatic carbocycles. The molecule has 0 saturated heterocycles. The summed E-state index contributed by atoms with van der Waals surface area (Å²) >= 11 is 6.27. The molecular formula is C34H36ClN3O5S. The van der Waals surface area contributed by atoms with E-state index in [0.717, 1.165) is 21.0 Å². The van der Waals surface area contributed by atoms with Crippen LogP contribution in [0.4, 0.5) is 5.69 Å². The molecule has 4 rings (SSSR count). The van der Waals surface area contributed by atoms with Crippen molar-refractivity contribution in [1.82, 2.24) is 10.2 Å². The van der Waals surface area contributed by atoms with Crippen molar-refractivity contribution in [3.8, 4) is 5.75 Å². The third kappa shape index (κ3) is 8.18. The smallest absolute Gasteiger partial charge is 0.264 e. The van der Waals surface area contributed by atoms with E-state index in [2.05, 4.69) is 5.32 Å². The number of carbonyl (C=O) groups excluding carboxylic acids is 2. The Kier molecular flexibility index (Phi) is 11.0. The van der Waals surface area contributed by atoms with Crippen LogP contribution >= 0.6 is 11.6 Å². The van der Waals surface area contributed by atoms with E-state index in [-0.39, 0.29) is 29.5 Å². The van der Waals surface area contributed by atoms with Gasteiger partial charge in [0.15, 0.2) is 0 Å². The average molecular weight is 634 g/mol. The molecule has 2 amide bonds. The molecule has 230 valence electrons. The zero-order chi connectivity index (χ0) is 31.7. The lowest BCUT2D eigenvalue weighted by molar-refractivity contribution is -0.140. The van der Waals surface area contributed by atoms with Gasteiger partial charge < -0.3 is 15.0 Å². The first-order valence-corrected chi connectivity index (χ1v) is 16.0. The lowest BCUT2D eigenvalue weighted by Crippen LogP contribution is -2.53. The third-order valence-corrected chi connectivity index (χ3v) is 9.14. The minimum atomic E-state index is -4.25. The van der Waals surface area contributed by atoms with E-state index >= 15 is 0 Å². The summed E-state index contributed by atoms with van der Waals surface area (Å²) < 4.78 is 34.4. The number of aryl methyl sites for hydroxylation is 1. The summed E-state index contributed by atoms with van der Waals surface area (Å²) in [5, 5.41) is 3.17. The monoisotopic (exact) mass is 633 g/mol. The molecule has 10 heteroatoms. The molecule has 1 atom stereocenters. The van der Waals surface area contributed by atoms with Gasteiger partial charge in [0, 0.05) is 24.5 Å². The van der Waals surface area contributed by atoms with E-state index < -0.39 is 28.5 Å². The molecule has 0 heterocycles. The second kappa shape index (κ2) is 14.9. The third-order valence-electron chi connectivity index (χ3n) is 7.12. The van der Waals surface area contributed by atoms with Gasteiger partial charge in [-0.3, -0.25) is 13.9 Å². The highest BCUT2D eigenvalue weighted by Gasteiger charge is 2.34. The maximum Gasteiger partial charge on any atom is 0.264 e. The van der Waals surface area contributed by atoms with Crippen molar-refractivity contribution in [3.05, 3.63) is 125 Å². The van der Waals surface area contributed by atoms with Crippen LogP contribution < -0.4 is 14.4 Å². The van der Waals surface area contributed by atoms with Crippen molar-refractivity contribution < 1.29 is 22.7 Å². The zero-order valence-electron chi connectivity index (χ0n) is 24.9. The Morgan fingerprint density at radius 3 is 2.18 bits per heavy atom. The summed E-state index contributed by atoms with van der Waals surface area (Å²) in [4.78, 5) is 29.4. The maximum atomic E-state index is 14.4. The minimum absolute atomic E-state index is 0.0271.